The van der Waals surface area contributed by atoms with E-state index in [2.05, 4.69) is 34.1 Å². The van der Waals surface area contributed by atoms with Crippen LogP contribution in [0.3, 0.4) is 0 Å². The molecule has 4 nitrogen and oxygen atoms in total. The molecule has 3 aromatic rings. The third-order valence-electron chi connectivity index (χ3n) is 4.87. The van der Waals surface area contributed by atoms with Crippen LogP contribution in [0, 0.1) is 0 Å². The van der Waals surface area contributed by atoms with Crippen molar-refractivity contribution in [1.82, 2.24) is 14.9 Å². The average molecular weight is 338 g/mol. The molecule has 2 aromatic heterocycles. The van der Waals surface area contributed by atoms with Gasteiger partial charge in [0, 0.05) is 12.7 Å². The lowest BCUT2D eigenvalue weighted by atomic mass is 9.86. The summed E-state index contributed by atoms with van der Waals surface area (Å²) < 4.78 is 0. The number of piperidine rings is 1. The summed E-state index contributed by atoms with van der Waals surface area (Å²) in [6.07, 6.45) is 4.23. The molecule has 0 radical (unpaired) electrons. The Morgan fingerprint density at radius 3 is 2.75 bits per heavy atom. The van der Waals surface area contributed by atoms with Crippen molar-refractivity contribution in [3.05, 3.63) is 58.7 Å². The molecule has 4 rings (SSSR count). The molecule has 1 aliphatic rings. The molecule has 0 aliphatic carbocycles. The molecule has 1 saturated heterocycles. The van der Waals surface area contributed by atoms with Crippen molar-refractivity contribution in [2.24, 2.45) is 5.73 Å². The lowest BCUT2D eigenvalue weighted by Crippen LogP contribution is -2.32. The maximum Gasteiger partial charge on any atom is 0.143 e. The van der Waals surface area contributed by atoms with Gasteiger partial charge in [0.1, 0.15) is 15.4 Å². The van der Waals surface area contributed by atoms with E-state index in [-0.39, 0.29) is 0 Å². The Labute approximate surface area is 146 Å². The SMILES string of the molecule is NCc1ccccc1C1CCN(Cc2nc3cccnc3s2)CC1. The summed E-state index contributed by atoms with van der Waals surface area (Å²) in [5.74, 6) is 0.637. The van der Waals surface area contributed by atoms with Gasteiger partial charge in [-0.25, -0.2) is 9.97 Å². The fourth-order valence-electron chi connectivity index (χ4n) is 3.59. The molecule has 1 aromatic carbocycles. The molecule has 0 bridgehead atoms. The summed E-state index contributed by atoms with van der Waals surface area (Å²) in [6, 6.07) is 12.6. The lowest BCUT2D eigenvalue weighted by molar-refractivity contribution is 0.204. The number of pyridine rings is 1. The number of aromatic nitrogens is 2. The zero-order chi connectivity index (χ0) is 16.4. The first-order valence-corrected chi connectivity index (χ1v) is 9.36. The van der Waals surface area contributed by atoms with E-state index in [1.165, 1.54) is 29.0 Å². The van der Waals surface area contributed by atoms with Gasteiger partial charge in [-0.15, -0.1) is 0 Å². The number of nitrogens with two attached hydrogens (primary N) is 1. The molecule has 24 heavy (non-hydrogen) atoms. The monoisotopic (exact) mass is 338 g/mol. The van der Waals surface area contributed by atoms with Gasteiger partial charge >= 0.3 is 0 Å². The van der Waals surface area contributed by atoms with E-state index in [1.54, 1.807) is 11.3 Å². The Morgan fingerprint density at radius 2 is 1.96 bits per heavy atom. The second-order valence-corrected chi connectivity index (χ2v) is 7.45. The number of rotatable bonds is 4. The Bertz CT molecular complexity index is 788. The zero-order valence-electron chi connectivity index (χ0n) is 13.7. The van der Waals surface area contributed by atoms with Gasteiger partial charge in [0.15, 0.2) is 0 Å². The maximum atomic E-state index is 5.90. The van der Waals surface area contributed by atoms with Crippen LogP contribution in [0.1, 0.15) is 34.9 Å². The topological polar surface area (TPSA) is 55.0 Å². The van der Waals surface area contributed by atoms with Crippen LogP contribution in [0.25, 0.3) is 10.3 Å². The van der Waals surface area contributed by atoms with Crippen LogP contribution in [0.5, 0.6) is 0 Å². The fourth-order valence-corrected chi connectivity index (χ4v) is 4.54. The van der Waals surface area contributed by atoms with E-state index in [4.69, 9.17) is 10.7 Å². The van der Waals surface area contributed by atoms with Crippen molar-refractivity contribution in [1.29, 1.82) is 0 Å². The molecule has 1 aliphatic heterocycles. The van der Waals surface area contributed by atoms with Crippen LogP contribution in [0.15, 0.2) is 42.6 Å². The van der Waals surface area contributed by atoms with Crippen LogP contribution in [-0.2, 0) is 13.1 Å². The van der Waals surface area contributed by atoms with E-state index in [0.29, 0.717) is 12.5 Å². The maximum absolute atomic E-state index is 5.90. The van der Waals surface area contributed by atoms with Crippen LogP contribution < -0.4 is 5.73 Å². The van der Waals surface area contributed by atoms with Gasteiger partial charge in [-0.1, -0.05) is 35.6 Å². The van der Waals surface area contributed by atoms with Crippen molar-refractivity contribution in [2.45, 2.75) is 31.8 Å². The molecule has 5 heteroatoms. The third-order valence-corrected chi connectivity index (χ3v) is 5.84. The van der Waals surface area contributed by atoms with Gasteiger partial charge in [0.25, 0.3) is 0 Å². The van der Waals surface area contributed by atoms with Gasteiger partial charge in [-0.05, 0) is 55.1 Å². The minimum absolute atomic E-state index is 0.634. The quantitative estimate of drug-likeness (QED) is 0.791. The molecule has 1 fully saturated rings. The number of likely N-dealkylation sites (tertiary alicyclic amines) is 1. The minimum Gasteiger partial charge on any atom is -0.326 e. The molecule has 0 saturated carbocycles. The fraction of sp³-hybridized carbons (Fsp3) is 0.368. The largest absolute Gasteiger partial charge is 0.326 e. The van der Waals surface area contributed by atoms with Gasteiger partial charge in [0.2, 0.25) is 0 Å². The van der Waals surface area contributed by atoms with E-state index in [0.717, 1.165) is 30.0 Å². The molecule has 3 heterocycles. The first-order valence-electron chi connectivity index (χ1n) is 8.54. The number of hydrogen-bond acceptors (Lipinski definition) is 5. The summed E-state index contributed by atoms with van der Waals surface area (Å²) in [6.45, 7) is 3.81. The predicted octanol–water partition coefficient (Wildman–Crippen LogP) is 3.53. The van der Waals surface area contributed by atoms with Gasteiger partial charge < -0.3 is 5.73 Å². The smallest absolute Gasteiger partial charge is 0.143 e. The van der Waals surface area contributed by atoms with E-state index >= 15 is 0 Å². The summed E-state index contributed by atoms with van der Waals surface area (Å²) in [5, 5.41) is 1.17. The Balaban J connectivity index is 1.41. The third kappa shape index (κ3) is 3.20. The van der Waals surface area contributed by atoms with E-state index < -0.39 is 0 Å². The van der Waals surface area contributed by atoms with Crippen LogP contribution >= 0.6 is 11.3 Å². The Kier molecular flexibility index (Phi) is 4.56. The van der Waals surface area contributed by atoms with Gasteiger partial charge in [-0.2, -0.15) is 0 Å². The molecule has 0 unspecified atom stereocenters. The van der Waals surface area contributed by atoms with Crippen LogP contribution in [0.4, 0.5) is 0 Å². The number of nitrogens with zero attached hydrogens (tertiary/aromatic N) is 3. The number of hydrogen-bond donors (Lipinski definition) is 1. The Hall–Kier alpha value is -1.82. The zero-order valence-corrected chi connectivity index (χ0v) is 14.5. The molecular formula is C19H22N4S. The lowest BCUT2D eigenvalue weighted by Gasteiger charge is -2.32. The molecule has 2 N–H and O–H groups in total. The molecule has 0 amide bonds. The van der Waals surface area contributed by atoms with Crippen molar-refractivity contribution in [3.63, 3.8) is 0 Å². The van der Waals surface area contributed by atoms with Crippen molar-refractivity contribution in [3.8, 4) is 0 Å². The van der Waals surface area contributed by atoms with Gasteiger partial charge in [-0.3, -0.25) is 4.90 Å². The normalized spacial score (nSPS) is 16.7. The van der Waals surface area contributed by atoms with Gasteiger partial charge in [0.05, 0.1) is 6.54 Å². The minimum atomic E-state index is 0.634. The van der Waals surface area contributed by atoms with Crippen LogP contribution in [0.2, 0.25) is 0 Å². The second kappa shape index (κ2) is 6.97. The first-order chi connectivity index (χ1) is 11.8. The van der Waals surface area contributed by atoms with E-state index in [9.17, 15) is 0 Å². The molecule has 124 valence electrons. The standard InChI is InChI=1S/C19H22N4S/c20-12-15-4-1-2-5-16(15)14-7-10-23(11-8-14)13-18-22-17-6-3-9-21-19(17)24-18/h1-6,9,14H,7-8,10-13,20H2. The first kappa shape index (κ1) is 15.7. The highest BCUT2D eigenvalue weighted by atomic mass is 32.1. The summed E-state index contributed by atoms with van der Waals surface area (Å²) in [5.41, 5.74) is 9.67. The molecular weight excluding hydrogens is 316 g/mol. The summed E-state index contributed by atoms with van der Waals surface area (Å²) in [7, 11) is 0. The highest BCUT2D eigenvalue weighted by Gasteiger charge is 2.22. The second-order valence-electron chi connectivity index (χ2n) is 6.39. The van der Waals surface area contributed by atoms with Crippen molar-refractivity contribution < 1.29 is 0 Å². The summed E-state index contributed by atoms with van der Waals surface area (Å²) >= 11 is 1.71. The number of benzene rings is 1. The van der Waals surface area contributed by atoms with Crippen molar-refractivity contribution in [2.75, 3.05) is 13.1 Å². The highest BCUT2D eigenvalue weighted by molar-refractivity contribution is 7.18. The predicted molar refractivity (Wildman–Crippen MR) is 99.0 cm³/mol. The highest BCUT2D eigenvalue weighted by Crippen LogP contribution is 2.31. The number of fused-ring (bicyclic) bond motifs is 1. The van der Waals surface area contributed by atoms with E-state index in [1.807, 2.05) is 18.3 Å². The Morgan fingerprint density at radius 1 is 1.12 bits per heavy atom. The van der Waals surface area contributed by atoms with Crippen molar-refractivity contribution >= 4 is 21.7 Å². The molecule has 0 spiro atoms. The summed E-state index contributed by atoms with van der Waals surface area (Å²) in [4.78, 5) is 12.7. The molecule has 0 atom stereocenters. The number of thiazole rings is 1. The van der Waals surface area contributed by atoms with Crippen LogP contribution in [-0.4, -0.2) is 28.0 Å². The average Bonchev–Trinajstić information content (AvgIpc) is 3.04.